The van der Waals surface area contributed by atoms with Crippen molar-refractivity contribution in [2.45, 2.75) is 38.2 Å². The molecule has 0 saturated carbocycles. The van der Waals surface area contributed by atoms with Gasteiger partial charge in [0.15, 0.2) is 6.10 Å². The number of amides is 2. The van der Waals surface area contributed by atoms with Crippen LogP contribution < -0.4 is 15.4 Å². The molecule has 0 aliphatic rings. The Hall–Kier alpha value is -3.24. The lowest BCUT2D eigenvalue weighted by molar-refractivity contribution is -0.152. The molecule has 2 aromatic carbocycles. The molecular weight excluding hydrogens is 422 g/mol. The van der Waals surface area contributed by atoms with Gasteiger partial charge in [0, 0.05) is 24.8 Å². The van der Waals surface area contributed by atoms with Crippen molar-refractivity contribution in [3.05, 3.63) is 54.1 Å². The summed E-state index contributed by atoms with van der Waals surface area (Å²) in [5.74, 6) is -1.47. The summed E-state index contributed by atoms with van der Waals surface area (Å²) in [5, 5.41) is 5.19. The summed E-state index contributed by atoms with van der Waals surface area (Å²) in [5.41, 5.74) is 2.03. The van der Waals surface area contributed by atoms with E-state index in [1.807, 2.05) is 13.0 Å². The summed E-state index contributed by atoms with van der Waals surface area (Å²) in [6.07, 6.45) is -1.28. The van der Waals surface area contributed by atoms with Crippen LogP contribution in [0, 0.1) is 6.92 Å². The van der Waals surface area contributed by atoms with E-state index in [-0.39, 0.29) is 23.8 Å². The molecule has 0 fully saturated rings. The van der Waals surface area contributed by atoms with Gasteiger partial charge in [-0.15, -0.1) is 0 Å². The second kappa shape index (κ2) is 10.7. The van der Waals surface area contributed by atoms with Crippen LogP contribution in [0.25, 0.3) is 0 Å². The van der Waals surface area contributed by atoms with Crippen LogP contribution in [0.4, 0.5) is 11.4 Å². The highest BCUT2D eigenvalue weighted by Gasteiger charge is 2.19. The Bertz CT molecular complexity index is 1050. The number of benzene rings is 2. The molecule has 10 heteroatoms. The molecule has 0 heterocycles. The smallest absolute Gasteiger partial charge is 0.307 e. The van der Waals surface area contributed by atoms with Crippen LogP contribution in [0.1, 0.15) is 25.8 Å². The maximum absolute atomic E-state index is 12.3. The number of esters is 1. The van der Waals surface area contributed by atoms with E-state index < -0.39 is 28.0 Å². The molecule has 1 unspecified atom stereocenters. The molecule has 31 heavy (non-hydrogen) atoms. The van der Waals surface area contributed by atoms with Gasteiger partial charge in [0.05, 0.1) is 11.3 Å². The van der Waals surface area contributed by atoms with Crippen molar-refractivity contribution < 1.29 is 27.5 Å². The SMILES string of the molecule is CC(=O)Nc1ccc(S(=O)(=O)NCCC(=O)OC(C)C(=O)Nc2cccc(C)c2)cc1. The highest BCUT2D eigenvalue weighted by Crippen LogP contribution is 2.14. The first-order valence-corrected chi connectivity index (χ1v) is 11.0. The fraction of sp³-hybridized carbons (Fsp3) is 0.286. The summed E-state index contributed by atoms with van der Waals surface area (Å²) in [4.78, 5) is 35.1. The Morgan fingerprint density at radius 1 is 1.00 bits per heavy atom. The summed E-state index contributed by atoms with van der Waals surface area (Å²) in [6, 6.07) is 12.8. The topological polar surface area (TPSA) is 131 Å². The molecule has 2 amide bonds. The van der Waals surface area contributed by atoms with Gasteiger partial charge < -0.3 is 15.4 Å². The number of hydrogen-bond donors (Lipinski definition) is 3. The second-order valence-electron chi connectivity index (χ2n) is 6.84. The number of rotatable bonds is 9. The van der Waals surface area contributed by atoms with Crippen LogP contribution in [0.5, 0.6) is 0 Å². The zero-order valence-corrected chi connectivity index (χ0v) is 18.3. The third-order valence-corrected chi connectivity index (χ3v) is 5.55. The Morgan fingerprint density at radius 2 is 1.68 bits per heavy atom. The van der Waals surface area contributed by atoms with Gasteiger partial charge in [-0.3, -0.25) is 14.4 Å². The quantitative estimate of drug-likeness (QED) is 0.505. The number of anilines is 2. The van der Waals surface area contributed by atoms with Crippen molar-refractivity contribution in [2.24, 2.45) is 0 Å². The molecule has 3 N–H and O–H groups in total. The largest absolute Gasteiger partial charge is 0.452 e. The van der Waals surface area contributed by atoms with E-state index >= 15 is 0 Å². The number of ether oxygens (including phenoxy) is 1. The van der Waals surface area contributed by atoms with E-state index in [1.54, 1.807) is 18.2 Å². The highest BCUT2D eigenvalue weighted by molar-refractivity contribution is 7.89. The molecule has 0 saturated heterocycles. The Balaban J connectivity index is 1.81. The molecule has 0 aromatic heterocycles. The molecule has 166 valence electrons. The summed E-state index contributed by atoms with van der Waals surface area (Å²) < 4.78 is 31.9. The monoisotopic (exact) mass is 447 g/mol. The van der Waals surface area contributed by atoms with Gasteiger partial charge in [-0.1, -0.05) is 12.1 Å². The van der Waals surface area contributed by atoms with Crippen LogP contribution in [-0.4, -0.2) is 38.9 Å². The fourth-order valence-electron chi connectivity index (χ4n) is 2.57. The normalized spacial score (nSPS) is 12.0. The Kier molecular flexibility index (Phi) is 8.29. The minimum absolute atomic E-state index is 0.0131. The average molecular weight is 448 g/mol. The van der Waals surface area contributed by atoms with E-state index in [2.05, 4.69) is 15.4 Å². The minimum atomic E-state index is -3.84. The van der Waals surface area contributed by atoms with Crippen molar-refractivity contribution in [2.75, 3.05) is 17.2 Å². The molecule has 0 radical (unpaired) electrons. The van der Waals surface area contributed by atoms with E-state index in [0.717, 1.165) is 5.56 Å². The van der Waals surface area contributed by atoms with Gasteiger partial charge >= 0.3 is 5.97 Å². The second-order valence-corrected chi connectivity index (χ2v) is 8.61. The molecule has 0 bridgehead atoms. The molecule has 9 nitrogen and oxygen atoms in total. The predicted molar refractivity (Wildman–Crippen MR) is 116 cm³/mol. The van der Waals surface area contributed by atoms with Crippen LogP contribution in [0.15, 0.2) is 53.4 Å². The highest BCUT2D eigenvalue weighted by atomic mass is 32.2. The van der Waals surface area contributed by atoms with Gasteiger partial charge in [0.1, 0.15) is 0 Å². The lowest BCUT2D eigenvalue weighted by Crippen LogP contribution is -2.32. The summed E-state index contributed by atoms with van der Waals surface area (Å²) in [7, 11) is -3.84. The summed E-state index contributed by atoms with van der Waals surface area (Å²) in [6.45, 7) is 4.47. The predicted octanol–water partition coefficient (Wildman–Crippen LogP) is 2.19. The Morgan fingerprint density at radius 3 is 2.29 bits per heavy atom. The third kappa shape index (κ3) is 7.83. The molecule has 1 atom stereocenters. The number of carbonyl (C=O) groups is 3. The molecule has 0 aliphatic carbocycles. The maximum Gasteiger partial charge on any atom is 0.307 e. The standard InChI is InChI=1S/C21H25N3O6S/c1-14-5-4-6-18(13-14)24-21(27)15(2)30-20(26)11-12-22-31(28,29)19-9-7-17(8-10-19)23-16(3)25/h4-10,13,15,22H,11-12H2,1-3H3,(H,23,25)(H,24,27). The molecule has 2 rings (SSSR count). The Labute approximate surface area is 181 Å². The minimum Gasteiger partial charge on any atom is -0.452 e. The zero-order valence-electron chi connectivity index (χ0n) is 17.5. The van der Waals surface area contributed by atoms with Crippen LogP contribution >= 0.6 is 0 Å². The van der Waals surface area contributed by atoms with Crippen LogP contribution in [0.2, 0.25) is 0 Å². The van der Waals surface area contributed by atoms with Crippen molar-refractivity contribution in [3.8, 4) is 0 Å². The lowest BCUT2D eigenvalue weighted by atomic mass is 10.2. The zero-order chi connectivity index (χ0) is 23.0. The van der Waals surface area contributed by atoms with Crippen molar-refractivity contribution in [1.82, 2.24) is 4.72 Å². The first-order chi connectivity index (χ1) is 14.6. The maximum atomic E-state index is 12.3. The number of aryl methyl sites for hydroxylation is 1. The first-order valence-electron chi connectivity index (χ1n) is 9.51. The number of carbonyl (C=O) groups excluding carboxylic acids is 3. The van der Waals surface area contributed by atoms with Gasteiger partial charge in [0.2, 0.25) is 15.9 Å². The van der Waals surface area contributed by atoms with Gasteiger partial charge in [-0.2, -0.15) is 0 Å². The molecule has 0 aliphatic heterocycles. The number of nitrogens with one attached hydrogen (secondary N) is 3. The van der Waals surface area contributed by atoms with Gasteiger partial charge in [0.25, 0.3) is 5.91 Å². The fourth-order valence-corrected chi connectivity index (χ4v) is 3.60. The van der Waals surface area contributed by atoms with Crippen molar-refractivity contribution in [1.29, 1.82) is 0 Å². The van der Waals surface area contributed by atoms with Crippen LogP contribution in [0.3, 0.4) is 0 Å². The first kappa shape index (κ1) is 24.0. The van der Waals surface area contributed by atoms with E-state index in [4.69, 9.17) is 4.74 Å². The van der Waals surface area contributed by atoms with Gasteiger partial charge in [-0.05, 0) is 55.8 Å². The van der Waals surface area contributed by atoms with E-state index in [9.17, 15) is 22.8 Å². The number of hydrogen-bond acceptors (Lipinski definition) is 6. The van der Waals surface area contributed by atoms with Crippen molar-refractivity contribution >= 4 is 39.2 Å². The number of sulfonamides is 1. The van der Waals surface area contributed by atoms with E-state index in [1.165, 1.54) is 38.1 Å². The lowest BCUT2D eigenvalue weighted by Gasteiger charge is -2.14. The van der Waals surface area contributed by atoms with Crippen molar-refractivity contribution in [3.63, 3.8) is 0 Å². The molecular formula is C21H25N3O6S. The molecule has 0 spiro atoms. The average Bonchev–Trinajstić information content (AvgIpc) is 2.67. The third-order valence-electron chi connectivity index (χ3n) is 4.07. The van der Waals surface area contributed by atoms with E-state index in [0.29, 0.717) is 11.4 Å². The van der Waals surface area contributed by atoms with Gasteiger partial charge in [-0.25, -0.2) is 13.1 Å². The summed E-state index contributed by atoms with van der Waals surface area (Å²) >= 11 is 0. The van der Waals surface area contributed by atoms with Crippen LogP contribution in [-0.2, 0) is 29.1 Å². The molecule has 2 aromatic rings.